The maximum atomic E-state index is 12.6. The Kier molecular flexibility index (Phi) is 4.09. The lowest BCUT2D eigenvalue weighted by Gasteiger charge is -2.41. The van der Waals surface area contributed by atoms with Crippen LogP contribution in [0.15, 0.2) is 57.5 Å². The first kappa shape index (κ1) is 16.8. The number of fused-ring (bicyclic) bond motifs is 4. The lowest BCUT2D eigenvalue weighted by Crippen LogP contribution is -2.35. The van der Waals surface area contributed by atoms with E-state index >= 15 is 0 Å². The molecule has 0 N–H and O–H groups in total. The van der Waals surface area contributed by atoms with Crippen molar-refractivity contribution >= 4 is 43.4 Å². The quantitative estimate of drug-likeness (QED) is 0.493. The number of esters is 1. The maximum absolute atomic E-state index is 12.6. The van der Waals surface area contributed by atoms with Gasteiger partial charge in [0.25, 0.3) is 0 Å². The van der Waals surface area contributed by atoms with Crippen molar-refractivity contribution in [2.24, 2.45) is 17.8 Å². The van der Waals surface area contributed by atoms with Crippen LogP contribution < -0.4 is 0 Å². The number of cyclic esters (lactones) is 1. The molecule has 4 heteroatoms. The molecule has 0 bridgehead atoms. The lowest BCUT2D eigenvalue weighted by molar-refractivity contribution is -0.142. The van der Waals surface area contributed by atoms with Crippen molar-refractivity contribution < 1.29 is 9.53 Å². The number of rotatable bonds is 1. The maximum Gasteiger partial charge on any atom is 0.310 e. The Balaban J connectivity index is 1.69. The van der Waals surface area contributed by atoms with E-state index in [2.05, 4.69) is 74.3 Å². The molecule has 1 aliphatic heterocycles. The first-order valence-electron chi connectivity index (χ1n) is 9.04. The minimum atomic E-state index is -0.0739. The Labute approximate surface area is 169 Å². The summed E-state index contributed by atoms with van der Waals surface area (Å²) in [5.41, 5.74) is 5.41. The Morgan fingerprint density at radius 2 is 1.77 bits per heavy atom. The number of carbonyl (C=O) groups is 1. The molecule has 1 saturated heterocycles. The van der Waals surface area contributed by atoms with Gasteiger partial charge in [0, 0.05) is 20.8 Å². The molecule has 0 unspecified atom stereocenters. The molecule has 0 aromatic heterocycles. The molecule has 0 radical (unpaired) electrons. The first-order valence-corrected chi connectivity index (χ1v) is 10.6. The number of carbonyl (C=O) groups excluding carboxylic acids is 1. The molecule has 4 atom stereocenters. The monoisotopic (exact) mass is 472 g/mol. The summed E-state index contributed by atoms with van der Waals surface area (Å²) in [5.74, 6) is 0.582. The summed E-state index contributed by atoms with van der Waals surface area (Å²) in [6, 6.07) is 15.1. The highest BCUT2D eigenvalue weighted by molar-refractivity contribution is 9.11. The fraction of sp³-hybridized carbons (Fsp3) is 0.318. The van der Waals surface area contributed by atoms with Gasteiger partial charge in [-0.1, -0.05) is 62.2 Å². The van der Waals surface area contributed by atoms with Crippen LogP contribution in [0.25, 0.3) is 5.57 Å². The van der Waals surface area contributed by atoms with Gasteiger partial charge in [0.05, 0.1) is 12.5 Å². The van der Waals surface area contributed by atoms with E-state index in [0.29, 0.717) is 12.5 Å². The first-order chi connectivity index (χ1) is 12.6. The van der Waals surface area contributed by atoms with Crippen molar-refractivity contribution in [3.8, 4) is 0 Å². The molecule has 2 aromatic rings. The highest BCUT2D eigenvalue weighted by Crippen LogP contribution is 2.54. The average Bonchev–Trinajstić information content (AvgIpc) is 2.99. The van der Waals surface area contributed by atoms with Crippen molar-refractivity contribution in [3.05, 3.63) is 74.2 Å². The van der Waals surface area contributed by atoms with Crippen LogP contribution in [0.5, 0.6) is 0 Å². The van der Waals surface area contributed by atoms with Gasteiger partial charge in [0.2, 0.25) is 0 Å². The number of hydrogen-bond acceptors (Lipinski definition) is 2. The summed E-state index contributed by atoms with van der Waals surface area (Å²) >= 11 is 7.24. The molecule has 0 spiro atoms. The van der Waals surface area contributed by atoms with E-state index in [-0.39, 0.29) is 23.7 Å². The van der Waals surface area contributed by atoms with Crippen LogP contribution in [0.1, 0.15) is 29.0 Å². The van der Waals surface area contributed by atoms with Crippen molar-refractivity contribution in [1.29, 1.82) is 0 Å². The molecule has 132 valence electrons. The predicted molar refractivity (Wildman–Crippen MR) is 109 cm³/mol. The van der Waals surface area contributed by atoms with Crippen molar-refractivity contribution in [3.63, 3.8) is 0 Å². The molecule has 2 aliphatic carbocycles. The van der Waals surface area contributed by atoms with E-state index in [1.54, 1.807) is 0 Å². The molecular weight excluding hydrogens is 456 g/mol. The highest BCUT2D eigenvalue weighted by atomic mass is 79.9. The third kappa shape index (κ3) is 2.61. The van der Waals surface area contributed by atoms with Gasteiger partial charge in [-0.15, -0.1) is 0 Å². The number of allylic oxidation sites excluding steroid dienone is 1. The van der Waals surface area contributed by atoms with Gasteiger partial charge in [0.15, 0.2) is 0 Å². The van der Waals surface area contributed by atoms with Crippen LogP contribution >= 0.6 is 31.9 Å². The van der Waals surface area contributed by atoms with Gasteiger partial charge < -0.3 is 4.74 Å². The van der Waals surface area contributed by atoms with Gasteiger partial charge in [-0.3, -0.25) is 4.79 Å². The second-order valence-electron chi connectivity index (χ2n) is 7.47. The number of benzene rings is 2. The van der Waals surface area contributed by atoms with Crippen molar-refractivity contribution in [2.45, 2.75) is 18.8 Å². The SMILES string of the molecule is O=C1OC[C@@H]2C=C3c4ccccc4CC[C@@H]3[C@@H](c3cc(Br)cc(Br)c3)[C@@H]12. The Hall–Kier alpha value is -1.39. The molecule has 26 heavy (non-hydrogen) atoms. The van der Waals surface area contributed by atoms with E-state index in [4.69, 9.17) is 4.74 Å². The normalized spacial score (nSPS) is 29.3. The molecule has 0 saturated carbocycles. The average molecular weight is 474 g/mol. The number of halogens is 2. The van der Waals surface area contributed by atoms with Gasteiger partial charge >= 0.3 is 5.97 Å². The van der Waals surface area contributed by atoms with Gasteiger partial charge in [-0.25, -0.2) is 0 Å². The third-order valence-corrected chi connectivity index (χ3v) is 7.00. The van der Waals surface area contributed by atoms with Gasteiger partial charge in [-0.2, -0.15) is 0 Å². The summed E-state index contributed by atoms with van der Waals surface area (Å²) in [4.78, 5) is 12.6. The summed E-state index contributed by atoms with van der Waals surface area (Å²) in [6.07, 6.45) is 4.48. The molecule has 5 rings (SSSR count). The summed E-state index contributed by atoms with van der Waals surface area (Å²) < 4.78 is 7.58. The molecule has 2 nitrogen and oxygen atoms in total. The second-order valence-corrected chi connectivity index (χ2v) is 9.30. The van der Waals surface area contributed by atoms with Crippen LogP contribution in [0.3, 0.4) is 0 Å². The fourth-order valence-corrected chi connectivity index (χ4v) is 6.41. The Morgan fingerprint density at radius 1 is 1.00 bits per heavy atom. The van der Waals surface area contributed by atoms with Gasteiger partial charge in [-0.05, 0) is 59.2 Å². The lowest BCUT2D eigenvalue weighted by atomic mass is 9.61. The van der Waals surface area contributed by atoms with E-state index in [0.717, 1.165) is 21.8 Å². The molecular formula is C22H18Br2O2. The van der Waals surface area contributed by atoms with Crippen LogP contribution in [-0.2, 0) is 16.0 Å². The summed E-state index contributed by atoms with van der Waals surface area (Å²) in [7, 11) is 0. The molecule has 3 aliphatic rings. The smallest absolute Gasteiger partial charge is 0.310 e. The molecule has 2 aromatic carbocycles. The topological polar surface area (TPSA) is 26.3 Å². The highest BCUT2D eigenvalue weighted by Gasteiger charge is 2.50. The second kappa shape index (κ2) is 6.35. The number of aryl methyl sites for hydroxylation is 1. The van der Waals surface area contributed by atoms with E-state index in [1.807, 2.05) is 6.07 Å². The summed E-state index contributed by atoms with van der Waals surface area (Å²) in [5, 5.41) is 0. The van der Waals surface area contributed by atoms with Crippen molar-refractivity contribution in [2.75, 3.05) is 6.61 Å². The van der Waals surface area contributed by atoms with E-state index < -0.39 is 0 Å². The van der Waals surface area contributed by atoms with Crippen LogP contribution in [0, 0.1) is 17.8 Å². The standard InChI is InChI=1S/C22H18Br2O2/c23-15-7-13(8-16(24)10-15)20-18-6-5-12-3-1-2-4-17(12)19(18)9-14-11-26-22(25)21(14)20/h1-4,7-10,14,18,20-21H,5-6,11H2/t14-,18-,20+,21-/m0/s1. The Morgan fingerprint density at radius 3 is 2.58 bits per heavy atom. The van der Waals surface area contributed by atoms with E-state index in [1.165, 1.54) is 22.3 Å². The molecule has 0 amide bonds. The zero-order valence-corrected chi connectivity index (χ0v) is 17.3. The van der Waals surface area contributed by atoms with E-state index in [9.17, 15) is 4.79 Å². The summed E-state index contributed by atoms with van der Waals surface area (Å²) in [6.45, 7) is 0.507. The van der Waals surface area contributed by atoms with Gasteiger partial charge in [0.1, 0.15) is 0 Å². The van der Waals surface area contributed by atoms with Crippen molar-refractivity contribution in [1.82, 2.24) is 0 Å². The molecule has 1 heterocycles. The van der Waals surface area contributed by atoms with Crippen LogP contribution in [-0.4, -0.2) is 12.6 Å². The predicted octanol–water partition coefficient (Wildman–Crippen LogP) is 5.74. The Bertz CT molecular complexity index is 913. The minimum absolute atomic E-state index is 0.0368. The largest absolute Gasteiger partial charge is 0.465 e. The van der Waals surface area contributed by atoms with Crippen LogP contribution in [0.4, 0.5) is 0 Å². The number of hydrogen-bond donors (Lipinski definition) is 0. The van der Waals surface area contributed by atoms with Crippen LogP contribution in [0.2, 0.25) is 0 Å². The zero-order valence-electron chi connectivity index (χ0n) is 14.1. The minimum Gasteiger partial charge on any atom is -0.465 e. The third-order valence-electron chi connectivity index (χ3n) is 6.09. The fourth-order valence-electron chi connectivity index (χ4n) is 5.08. The zero-order chi connectivity index (χ0) is 17.8. The number of ether oxygens (including phenoxy) is 1. The molecule has 1 fully saturated rings.